The van der Waals surface area contributed by atoms with Crippen molar-refractivity contribution in [2.45, 2.75) is 85.2 Å². The summed E-state index contributed by atoms with van der Waals surface area (Å²) in [6, 6.07) is 1.39. The Morgan fingerprint density at radius 3 is 1.95 bits per heavy atom. The molecule has 0 aromatic rings. The van der Waals surface area contributed by atoms with Gasteiger partial charge in [-0.2, -0.15) is 0 Å². The maximum atomic E-state index is 3.72. The zero-order valence-electron chi connectivity index (χ0n) is 14.0. The third-order valence-corrected chi connectivity index (χ3v) is 5.67. The summed E-state index contributed by atoms with van der Waals surface area (Å²) in [5.74, 6) is 0. The van der Waals surface area contributed by atoms with E-state index in [0.29, 0.717) is 17.5 Å². The van der Waals surface area contributed by atoms with Gasteiger partial charge in [0.05, 0.1) is 0 Å². The molecule has 1 fully saturated rings. The highest BCUT2D eigenvalue weighted by Gasteiger charge is 2.32. The maximum Gasteiger partial charge on any atom is 0.0192 e. The molecule has 0 saturated carbocycles. The van der Waals surface area contributed by atoms with Gasteiger partial charge in [-0.1, -0.05) is 40.5 Å². The lowest BCUT2D eigenvalue weighted by Gasteiger charge is -2.43. The zero-order chi connectivity index (χ0) is 14.3. The number of likely N-dealkylation sites (tertiary alicyclic amines) is 1. The fourth-order valence-corrected chi connectivity index (χ4v) is 3.44. The van der Waals surface area contributed by atoms with Gasteiger partial charge in [-0.15, -0.1) is 0 Å². The minimum atomic E-state index is 0.652. The maximum absolute atomic E-state index is 3.72. The molecule has 1 N–H and O–H groups in total. The molecule has 1 aliphatic rings. The van der Waals surface area contributed by atoms with Crippen LogP contribution in [0.4, 0.5) is 0 Å². The summed E-state index contributed by atoms with van der Waals surface area (Å²) >= 11 is 0. The van der Waals surface area contributed by atoms with Gasteiger partial charge < -0.3 is 5.32 Å². The van der Waals surface area contributed by atoms with E-state index < -0.39 is 0 Å². The van der Waals surface area contributed by atoms with Crippen molar-refractivity contribution < 1.29 is 0 Å². The van der Waals surface area contributed by atoms with Crippen LogP contribution in [0.15, 0.2) is 0 Å². The Labute approximate surface area is 121 Å². The standard InChI is InChI=1S/C17H36N2/c1-6-16(7-2)18-14-15(5)19-12-10-17(8-3,9-4)11-13-19/h15-16,18H,6-14H2,1-5H3. The molecule has 0 radical (unpaired) electrons. The Balaban J connectivity index is 2.34. The van der Waals surface area contributed by atoms with Crippen LogP contribution in [-0.2, 0) is 0 Å². The highest BCUT2D eigenvalue weighted by molar-refractivity contribution is 4.86. The number of rotatable bonds is 8. The van der Waals surface area contributed by atoms with Crippen molar-refractivity contribution in [3.63, 3.8) is 0 Å². The van der Waals surface area contributed by atoms with Crippen LogP contribution in [0, 0.1) is 5.41 Å². The fraction of sp³-hybridized carbons (Fsp3) is 1.00. The predicted molar refractivity (Wildman–Crippen MR) is 85.7 cm³/mol. The highest BCUT2D eigenvalue weighted by Crippen LogP contribution is 2.38. The Bertz CT molecular complexity index is 221. The van der Waals surface area contributed by atoms with E-state index in [9.17, 15) is 0 Å². The van der Waals surface area contributed by atoms with Crippen LogP contribution < -0.4 is 5.32 Å². The molecule has 1 heterocycles. The number of nitrogens with zero attached hydrogens (tertiary/aromatic N) is 1. The second-order valence-corrected chi connectivity index (χ2v) is 6.51. The molecule has 1 unspecified atom stereocenters. The first-order valence-electron chi connectivity index (χ1n) is 8.58. The summed E-state index contributed by atoms with van der Waals surface area (Å²) in [6.45, 7) is 15.4. The highest BCUT2D eigenvalue weighted by atomic mass is 15.2. The van der Waals surface area contributed by atoms with E-state index >= 15 is 0 Å². The van der Waals surface area contributed by atoms with Crippen molar-refractivity contribution in [1.29, 1.82) is 0 Å². The Morgan fingerprint density at radius 1 is 1.00 bits per heavy atom. The quantitative estimate of drug-likeness (QED) is 0.714. The zero-order valence-corrected chi connectivity index (χ0v) is 14.0. The first-order valence-corrected chi connectivity index (χ1v) is 8.58. The van der Waals surface area contributed by atoms with E-state index in [1.807, 2.05) is 0 Å². The van der Waals surface area contributed by atoms with E-state index in [0.717, 1.165) is 6.54 Å². The number of piperidine rings is 1. The van der Waals surface area contributed by atoms with E-state index in [2.05, 4.69) is 44.8 Å². The molecule has 0 spiro atoms. The van der Waals surface area contributed by atoms with Gasteiger partial charge >= 0.3 is 0 Å². The molecule has 2 nitrogen and oxygen atoms in total. The molecular weight excluding hydrogens is 232 g/mol. The first kappa shape index (κ1) is 17.0. The van der Waals surface area contributed by atoms with Gasteiger partial charge in [0.25, 0.3) is 0 Å². The van der Waals surface area contributed by atoms with Crippen LogP contribution in [0.5, 0.6) is 0 Å². The summed E-state index contributed by atoms with van der Waals surface area (Å²) in [6.07, 6.45) is 8.01. The molecule has 0 amide bonds. The smallest absolute Gasteiger partial charge is 0.0192 e. The van der Waals surface area contributed by atoms with Crippen LogP contribution in [0.3, 0.4) is 0 Å². The predicted octanol–water partition coefficient (Wildman–Crippen LogP) is 4.06. The lowest BCUT2D eigenvalue weighted by molar-refractivity contribution is 0.0700. The van der Waals surface area contributed by atoms with Crippen LogP contribution in [0.25, 0.3) is 0 Å². The molecule has 0 aromatic heterocycles. The summed E-state index contributed by atoms with van der Waals surface area (Å²) < 4.78 is 0. The average molecular weight is 268 g/mol. The molecule has 2 heteroatoms. The Kier molecular flexibility index (Phi) is 7.38. The van der Waals surface area contributed by atoms with E-state index in [4.69, 9.17) is 0 Å². The van der Waals surface area contributed by atoms with Gasteiger partial charge in [-0.25, -0.2) is 0 Å². The Morgan fingerprint density at radius 2 is 1.53 bits per heavy atom. The van der Waals surface area contributed by atoms with Crippen molar-refractivity contribution in [3.8, 4) is 0 Å². The average Bonchev–Trinajstić information content (AvgIpc) is 2.48. The van der Waals surface area contributed by atoms with E-state index in [1.165, 1.54) is 51.6 Å². The molecule has 0 aliphatic carbocycles. The molecule has 1 aliphatic heterocycles. The summed E-state index contributed by atoms with van der Waals surface area (Å²) in [5.41, 5.74) is 0.652. The summed E-state index contributed by atoms with van der Waals surface area (Å²) in [5, 5.41) is 3.72. The molecule has 1 saturated heterocycles. The van der Waals surface area contributed by atoms with Gasteiger partial charge in [0.15, 0.2) is 0 Å². The lowest BCUT2D eigenvalue weighted by Crippen LogP contribution is -2.48. The molecule has 1 rings (SSSR count). The summed E-state index contributed by atoms with van der Waals surface area (Å²) in [7, 11) is 0. The van der Waals surface area contributed by atoms with Gasteiger partial charge in [-0.3, -0.25) is 4.90 Å². The fourth-order valence-electron chi connectivity index (χ4n) is 3.44. The second kappa shape index (κ2) is 8.26. The summed E-state index contributed by atoms with van der Waals surface area (Å²) in [4.78, 5) is 2.69. The van der Waals surface area contributed by atoms with E-state index in [1.54, 1.807) is 0 Å². The molecule has 19 heavy (non-hydrogen) atoms. The third-order valence-electron chi connectivity index (χ3n) is 5.67. The monoisotopic (exact) mass is 268 g/mol. The van der Waals surface area contributed by atoms with Crippen molar-refractivity contribution in [3.05, 3.63) is 0 Å². The van der Waals surface area contributed by atoms with Crippen LogP contribution >= 0.6 is 0 Å². The topological polar surface area (TPSA) is 15.3 Å². The Hall–Kier alpha value is -0.0800. The second-order valence-electron chi connectivity index (χ2n) is 6.51. The molecule has 1 atom stereocenters. The number of hydrogen-bond donors (Lipinski definition) is 1. The normalized spacial score (nSPS) is 21.8. The van der Waals surface area contributed by atoms with Crippen LogP contribution in [0.2, 0.25) is 0 Å². The van der Waals surface area contributed by atoms with Gasteiger partial charge in [0.1, 0.15) is 0 Å². The van der Waals surface area contributed by atoms with Crippen molar-refractivity contribution in [1.82, 2.24) is 10.2 Å². The minimum absolute atomic E-state index is 0.652. The van der Waals surface area contributed by atoms with Crippen molar-refractivity contribution >= 4 is 0 Å². The molecule has 114 valence electrons. The van der Waals surface area contributed by atoms with Gasteiger partial charge in [-0.05, 0) is 51.1 Å². The van der Waals surface area contributed by atoms with Crippen molar-refractivity contribution in [2.24, 2.45) is 5.41 Å². The largest absolute Gasteiger partial charge is 0.312 e. The number of nitrogens with one attached hydrogen (secondary N) is 1. The van der Waals surface area contributed by atoms with Gasteiger partial charge in [0.2, 0.25) is 0 Å². The molecule has 0 bridgehead atoms. The minimum Gasteiger partial charge on any atom is -0.312 e. The number of hydrogen-bond acceptors (Lipinski definition) is 2. The first-order chi connectivity index (χ1) is 9.10. The van der Waals surface area contributed by atoms with E-state index in [-0.39, 0.29) is 0 Å². The third kappa shape index (κ3) is 4.75. The SMILES string of the molecule is CCC(CC)NCC(C)N1CCC(CC)(CC)CC1. The molecular formula is C17H36N2. The van der Waals surface area contributed by atoms with Crippen LogP contribution in [0.1, 0.15) is 73.1 Å². The molecule has 0 aromatic carbocycles. The lowest BCUT2D eigenvalue weighted by atomic mass is 9.74. The van der Waals surface area contributed by atoms with Gasteiger partial charge in [0, 0.05) is 18.6 Å². The van der Waals surface area contributed by atoms with Crippen molar-refractivity contribution in [2.75, 3.05) is 19.6 Å². The van der Waals surface area contributed by atoms with Crippen LogP contribution in [-0.4, -0.2) is 36.6 Å².